The average Bonchev–Trinajstić information content (AvgIpc) is 3.00. The van der Waals surface area contributed by atoms with Crippen molar-refractivity contribution in [2.75, 3.05) is 6.61 Å². The number of carbonyl (C=O) groups is 2. The van der Waals surface area contributed by atoms with Crippen LogP contribution in [0.25, 0.3) is 11.4 Å². The molecule has 2 aliphatic rings. The van der Waals surface area contributed by atoms with Crippen LogP contribution in [-0.4, -0.2) is 45.4 Å². The van der Waals surface area contributed by atoms with Gasteiger partial charge in [0, 0.05) is 30.0 Å². The second-order valence-corrected chi connectivity index (χ2v) is 7.57. The van der Waals surface area contributed by atoms with Crippen molar-refractivity contribution in [3.05, 3.63) is 47.8 Å². The van der Waals surface area contributed by atoms with Gasteiger partial charge in [0.05, 0.1) is 18.1 Å². The summed E-state index contributed by atoms with van der Waals surface area (Å²) in [6, 6.07) is 7.64. The zero-order valence-electron chi connectivity index (χ0n) is 16.3. The Hall–Kier alpha value is -2.76. The van der Waals surface area contributed by atoms with Gasteiger partial charge in [0.15, 0.2) is 5.82 Å². The molecule has 28 heavy (non-hydrogen) atoms. The normalized spacial score (nSPS) is 23.5. The van der Waals surface area contributed by atoms with Gasteiger partial charge in [-0.3, -0.25) is 9.59 Å². The third-order valence-corrected chi connectivity index (χ3v) is 5.86. The molecule has 4 rings (SSSR count). The monoisotopic (exact) mass is 379 g/mol. The summed E-state index contributed by atoms with van der Waals surface area (Å²) in [4.78, 5) is 36.7. The minimum atomic E-state index is -0.233. The average molecular weight is 379 g/mol. The molecule has 0 spiro atoms. The first-order chi connectivity index (χ1) is 13.6. The minimum absolute atomic E-state index is 0.0346. The predicted molar refractivity (Wildman–Crippen MR) is 105 cm³/mol. The molecule has 2 fully saturated rings. The maximum atomic E-state index is 13.7. The van der Waals surface area contributed by atoms with Gasteiger partial charge in [-0.25, -0.2) is 9.97 Å². The third kappa shape index (κ3) is 3.28. The number of piperidine rings is 1. The van der Waals surface area contributed by atoms with Crippen molar-refractivity contribution in [2.24, 2.45) is 5.92 Å². The summed E-state index contributed by atoms with van der Waals surface area (Å²) >= 11 is 0. The first-order valence-corrected chi connectivity index (χ1v) is 9.97. The van der Waals surface area contributed by atoms with Crippen molar-refractivity contribution >= 4 is 11.9 Å². The molecule has 2 bridgehead atoms. The number of esters is 1. The predicted octanol–water partition coefficient (Wildman–Crippen LogP) is 3.40. The fourth-order valence-electron chi connectivity index (χ4n) is 4.60. The highest BCUT2D eigenvalue weighted by molar-refractivity contribution is 6.01. The Balaban J connectivity index is 1.70. The largest absolute Gasteiger partial charge is 0.466 e. The summed E-state index contributed by atoms with van der Waals surface area (Å²) in [5, 5.41) is 0. The van der Waals surface area contributed by atoms with E-state index in [1.807, 2.05) is 36.9 Å². The van der Waals surface area contributed by atoms with Crippen LogP contribution in [0.1, 0.15) is 48.5 Å². The summed E-state index contributed by atoms with van der Waals surface area (Å²) in [5.41, 5.74) is 2.34. The van der Waals surface area contributed by atoms with Gasteiger partial charge in [0.2, 0.25) is 0 Å². The molecule has 1 amide bonds. The number of ether oxygens (including phenoxy) is 1. The maximum Gasteiger partial charge on any atom is 0.311 e. The third-order valence-electron chi connectivity index (χ3n) is 5.86. The number of hydrogen-bond acceptors (Lipinski definition) is 5. The van der Waals surface area contributed by atoms with E-state index in [4.69, 9.17) is 4.74 Å². The molecule has 0 N–H and O–H groups in total. The zero-order valence-corrected chi connectivity index (χ0v) is 16.3. The van der Waals surface area contributed by atoms with Crippen molar-refractivity contribution in [1.82, 2.24) is 14.9 Å². The van der Waals surface area contributed by atoms with Crippen molar-refractivity contribution in [2.45, 2.75) is 51.6 Å². The Morgan fingerprint density at radius 1 is 1.14 bits per heavy atom. The zero-order chi connectivity index (χ0) is 19.7. The number of aromatic nitrogens is 2. The fourth-order valence-corrected chi connectivity index (χ4v) is 4.60. The van der Waals surface area contributed by atoms with Gasteiger partial charge in [-0.1, -0.05) is 17.7 Å². The molecular formula is C22H25N3O3. The maximum absolute atomic E-state index is 13.7. The molecule has 3 heterocycles. The van der Waals surface area contributed by atoms with Crippen LogP contribution in [0.5, 0.6) is 0 Å². The fraction of sp³-hybridized carbons (Fsp3) is 0.455. The van der Waals surface area contributed by atoms with Crippen LogP contribution in [0, 0.1) is 12.8 Å². The van der Waals surface area contributed by atoms with Crippen molar-refractivity contribution < 1.29 is 14.3 Å². The van der Waals surface area contributed by atoms with Gasteiger partial charge in [-0.15, -0.1) is 0 Å². The van der Waals surface area contributed by atoms with Crippen LogP contribution in [0.15, 0.2) is 36.7 Å². The van der Waals surface area contributed by atoms with E-state index in [2.05, 4.69) is 9.97 Å². The van der Waals surface area contributed by atoms with E-state index < -0.39 is 0 Å². The molecule has 6 nitrogen and oxygen atoms in total. The number of fused-ring (bicyclic) bond motifs is 2. The Bertz CT molecular complexity index is 884. The molecule has 6 heteroatoms. The lowest BCUT2D eigenvalue weighted by atomic mass is 9.89. The molecule has 2 aromatic rings. The molecule has 0 saturated carbocycles. The van der Waals surface area contributed by atoms with Crippen molar-refractivity contribution in [1.29, 1.82) is 0 Å². The van der Waals surface area contributed by atoms with E-state index in [0.29, 0.717) is 18.0 Å². The second kappa shape index (κ2) is 7.70. The van der Waals surface area contributed by atoms with Crippen molar-refractivity contribution in [3.8, 4) is 11.4 Å². The molecule has 2 aliphatic heterocycles. The van der Waals surface area contributed by atoms with Gasteiger partial charge in [0.1, 0.15) is 0 Å². The van der Waals surface area contributed by atoms with E-state index in [-0.39, 0.29) is 29.9 Å². The lowest BCUT2D eigenvalue weighted by molar-refractivity contribution is -0.151. The van der Waals surface area contributed by atoms with Gasteiger partial charge in [-0.2, -0.15) is 0 Å². The van der Waals surface area contributed by atoms with Crippen LogP contribution < -0.4 is 0 Å². The van der Waals surface area contributed by atoms with Gasteiger partial charge in [0.25, 0.3) is 5.91 Å². The van der Waals surface area contributed by atoms with Crippen LogP contribution in [0.2, 0.25) is 0 Å². The summed E-state index contributed by atoms with van der Waals surface area (Å²) in [6.45, 7) is 4.16. The topological polar surface area (TPSA) is 72.4 Å². The second-order valence-electron chi connectivity index (χ2n) is 7.57. The first-order valence-electron chi connectivity index (χ1n) is 9.97. The van der Waals surface area contributed by atoms with Gasteiger partial charge in [-0.05, 0) is 51.7 Å². The Morgan fingerprint density at radius 3 is 2.64 bits per heavy atom. The van der Waals surface area contributed by atoms with Crippen LogP contribution in [0.4, 0.5) is 0 Å². The number of benzene rings is 1. The summed E-state index contributed by atoms with van der Waals surface area (Å²) in [5.74, 6) is 0.0928. The molecule has 0 radical (unpaired) electrons. The molecular weight excluding hydrogens is 354 g/mol. The Kier molecular flexibility index (Phi) is 5.11. The molecule has 146 valence electrons. The minimum Gasteiger partial charge on any atom is -0.466 e. The molecule has 0 aliphatic carbocycles. The Morgan fingerprint density at radius 2 is 1.89 bits per heavy atom. The summed E-state index contributed by atoms with van der Waals surface area (Å²) in [7, 11) is 0. The number of aryl methyl sites for hydroxylation is 1. The van der Waals surface area contributed by atoms with E-state index >= 15 is 0 Å². The number of nitrogens with zero attached hydrogens (tertiary/aromatic N) is 3. The number of rotatable bonds is 4. The number of amides is 1. The summed E-state index contributed by atoms with van der Waals surface area (Å²) in [6.07, 6.45) is 6.78. The molecule has 3 atom stereocenters. The Labute approximate surface area is 164 Å². The van der Waals surface area contributed by atoms with Gasteiger partial charge >= 0.3 is 5.97 Å². The van der Waals surface area contributed by atoms with Crippen LogP contribution in [-0.2, 0) is 9.53 Å². The van der Waals surface area contributed by atoms with Gasteiger partial charge < -0.3 is 9.64 Å². The highest BCUT2D eigenvalue weighted by Crippen LogP contribution is 2.41. The number of hydrogen-bond donors (Lipinski definition) is 0. The molecule has 2 saturated heterocycles. The van der Waals surface area contributed by atoms with Crippen LogP contribution >= 0.6 is 0 Å². The first kappa shape index (κ1) is 18.6. The SMILES string of the molecule is CCOC(=O)C1CCC2CC[C@@H]1N2C(=O)c1cc(C)ccc1-c1ncccn1. The number of carbonyl (C=O) groups excluding carboxylic acids is 2. The van der Waals surface area contributed by atoms with E-state index in [1.54, 1.807) is 18.5 Å². The van der Waals surface area contributed by atoms with Crippen molar-refractivity contribution in [3.63, 3.8) is 0 Å². The van der Waals surface area contributed by atoms with Crippen LogP contribution in [0.3, 0.4) is 0 Å². The molecule has 2 unspecified atom stereocenters. The van der Waals surface area contributed by atoms with E-state index in [9.17, 15) is 9.59 Å². The van der Waals surface area contributed by atoms with E-state index in [0.717, 1.165) is 36.8 Å². The van der Waals surface area contributed by atoms with E-state index in [1.165, 1.54) is 0 Å². The quantitative estimate of drug-likeness (QED) is 0.762. The lowest BCUT2D eigenvalue weighted by Crippen LogP contribution is -2.50. The lowest BCUT2D eigenvalue weighted by Gasteiger charge is -2.39. The smallest absolute Gasteiger partial charge is 0.311 e. The standard InChI is InChI=1S/C22H25N3O3/c1-3-28-22(27)17-9-6-15-7-10-19(17)25(15)21(26)18-13-14(2)5-8-16(18)20-23-11-4-12-24-20/h4-5,8,11-13,15,17,19H,3,6-7,9-10H2,1-2H3/t15?,17?,19-/m0/s1. The highest BCUT2D eigenvalue weighted by Gasteiger charge is 2.48. The highest BCUT2D eigenvalue weighted by atomic mass is 16.5. The molecule has 1 aromatic carbocycles. The summed E-state index contributed by atoms with van der Waals surface area (Å²) < 4.78 is 5.28. The molecule has 1 aromatic heterocycles.